The van der Waals surface area contributed by atoms with Crippen molar-refractivity contribution in [3.05, 3.63) is 45.6 Å². The second kappa shape index (κ2) is 14.0. The number of rotatable bonds is 12. The number of fused-ring (bicyclic) bond motifs is 3. The number of ether oxygens (including phenoxy) is 4. The summed E-state index contributed by atoms with van der Waals surface area (Å²) in [5, 5.41) is 8.92. The highest BCUT2D eigenvalue weighted by atomic mass is 16.5. The number of hydrogen-bond donors (Lipinski definition) is 3. The Morgan fingerprint density at radius 3 is 2.38 bits per heavy atom. The number of amides is 2. The first-order chi connectivity index (χ1) is 19.1. The van der Waals surface area contributed by atoms with Crippen LogP contribution in [0.3, 0.4) is 0 Å². The van der Waals surface area contributed by atoms with Crippen LogP contribution in [0.1, 0.15) is 57.7 Å². The van der Waals surface area contributed by atoms with Crippen LogP contribution >= 0.6 is 0 Å². The largest absolute Gasteiger partial charge is 0.493 e. The van der Waals surface area contributed by atoms with Crippen molar-refractivity contribution in [1.29, 1.82) is 0 Å². The fourth-order valence-corrected chi connectivity index (χ4v) is 4.88. The molecule has 0 aromatic heterocycles. The van der Waals surface area contributed by atoms with Gasteiger partial charge in [0.25, 0.3) is 0 Å². The Morgan fingerprint density at radius 1 is 1.02 bits per heavy atom. The molecule has 0 saturated carbocycles. The smallest absolute Gasteiger partial charge is 0.242 e. The van der Waals surface area contributed by atoms with Gasteiger partial charge in [0, 0.05) is 25.6 Å². The summed E-state index contributed by atoms with van der Waals surface area (Å²) in [5.74, 6) is 1.01. The van der Waals surface area contributed by atoms with E-state index < -0.39 is 12.1 Å². The van der Waals surface area contributed by atoms with Crippen LogP contribution in [0.25, 0.3) is 11.1 Å². The molecule has 2 aromatic rings. The molecule has 2 atom stereocenters. The molecule has 2 aromatic carbocycles. The quantitative estimate of drug-likeness (QED) is 0.340. The molecular weight excluding hydrogens is 514 g/mol. The van der Waals surface area contributed by atoms with Crippen molar-refractivity contribution in [3.8, 4) is 28.4 Å². The second-order valence-corrected chi connectivity index (χ2v) is 10.0. The third-order valence-electron chi connectivity index (χ3n) is 6.75. The number of anilines is 1. The molecule has 0 aliphatic heterocycles. The van der Waals surface area contributed by atoms with E-state index in [-0.39, 0.29) is 29.0 Å². The Bertz CT molecular complexity index is 1280. The minimum atomic E-state index is -0.654. The van der Waals surface area contributed by atoms with Crippen molar-refractivity contribution < 1.29 is 28.5 Å². The second-order valence-electron chi connectivity index (χ2n) is 10.0. The molecule has 0 saturated heterocycles. The monoisotopic (exact) mass is 555 g/mol. The molecule has 0 radical (unpaired) electrons. The summed E-state index contributed by atoms with van der Waals surface area (Å²) >= 11 is 0. The van der Waals surface area contributed by atoms with Crippen molar-refractivity contribution >= 4 is 17.5 Å². The van der Waals surface area contributed by atoms with Gasteiger partial charge in [-0.15, -0.1) is 0 Å². The molecule has 218 valence electrons. The number of methoxy groups -OCH3 is 3. The Morgan fingerprint density at radius 2 is 1.75 bits per heavy atom. The zero-order valence-electron chi connectivity index (χ0n) is 24.4. The van der Waals surface area contributed by atoms with E-state index in [2.05, 4.69) is 16.0 Å². The molecule has 10 heteroatoms. The number of benzene rings is 1. The molecule has 2 amide bonds. The molecule has 40 heavy (non-hydrogen) atoms. The van der Waals surface area contributed by atoms with Gasteiger partial charge in [0.2, 0.25) is 23.0 Å². The minimum absolute atomic E-state index is 0.140. The Kier molecular flexibility index (Phi) is 10.8. The number of carbonyl (C=O) groups excluding carboxylic acids is 2. The topological polar surface area (TPSA) is 124 Å². The van der Waals surface area contributed by atoms with Crippen LogP contribution in [-0.4, -0.2) is 58.4 Å². The summed E-state index contributed by atoms with van der Waals surface area (Å²) in [5.41, 5.74) is 3.03. The van der Waals surface area contributed by atoms with Crippen LogP contribution in [-0.2, 0) is 20.7 Å². The lowest BCUT2D eigenvalue weighted by Crippen LogP contribution is -2.39. The van der Waals surface area contributed by atoms with E-state index in [1.165, 1.54) is 20.1 Å². The van der Waals surface area contributed by atoms with Crippen molar-refractivity contribution in [1.82, 2.24) is 10.6 Å². The third-order valence-corrected chi connectivity index (χ3v) is 6.75. The molecule has 3 N–H and O–H groups in total. The van der Waals surface area contributed by atoms with E-state index in [1.807, 2.05) is 26.0 Å². The Labute approximate surface area is 235 Å². The van der Waals surface area contributed by atoms with E-state index in [0.717, 1.165) is 16.7 Å². The highest BCUT2D eigenvalue weighted by Crippen LogP contribution is 2.50. The van der Waals surface area contributed by atoms with E-state index in [1.54, 1.807) is 27.2 Å². The van der Waals surface area contributed by atoms with Crippen molar-refractivity contribution in [2.24, 2.45) is 0 Å². The molecule has 1 aliphatic rings. The van der Waals surface area contributed by atoms with Gasteiger partial charge < -0.3 is 34.9 Å². The van der Waals surface area contributed by atoms with Crippen LogP contribution < -0.4 is 35.6 Å². The lowest BCUT2D eigenvalue weighted by molar-refractivity contribution is -0.121. The van der Waals surface area contributed by atoms with Crippen molar-refractivity contribution in [2.45, 2.75) is 65.1 Å². The summed E-state index contributed by atoms with van der Waals surface area (Å²) in [4.78, 5) is 38.3. The maximum absolute atomic E-state index is 13.4. The predicted octanol–water partition coefficient (Wildman–Crippen LogP) is 3.59. The van der Waals surface area contributed by atoms with Crippen LogP contribution in [0.4, 0.5) is 5.69 Å². The number of hydrogen-bond acceptors (Lipinski definition) is 8. The average Bonchev–Trinajstić information content (AvgIpc) is 3.15. The molecule has 0 bridgehead atoms. The summed E-state index contributed by atoms with van der Waals surface area (Å²) in [6.07, 6.45) is 2.00. The van der Waals surface area contributed by atoms with Crippen molar-refractivity contribution in [3.63, 3.8) is 0 Å². The number of carbonyl (C=O) groups is 2. The zero-order valence-corrected chi connectivity index (χ0v) is 24.4. The van der Waals surface area contributed by atoms with Gasteiger partial charge in [-0.05, 0) is 74.9 Å². The molecule has 0 spiro atoms. The highest BCUT2D eigenvalue weighted by molar-refractivity contribution is 5.85. The van der Waals surface area contributed by atoms with Crippen molar-refractivity contribution in [2.75, 3.05) is 39.8 Å². The Balaban J connectivity index is 2.02. The predicted molar refractivity (Wildman–Crippen MR) is 154 cm³/mol. The SMILES string of the molecule is COc1cc2c(c(OC)c1OC)-c1ccc(N[C@H](C)C(=O)NCCCOC(C)C)c(=O)cc1[C@H](NC(C)=O)CC2. The van der Waals surface area contributed by atoms with Crippen LogP contribution in [0, 0.1) is 0 Å². The average molecular weight is 556 g/mol. The summed E-state index contributed by atoms with van der Waals surface area (Å²) in [7, 11) is 4.65. The lowest BCUT2D eigenvalue weighted by Gasteiger charge is -2.19. The summed E-state index contributed by atoms with van der Waals surface area (Å²) in [6, 6.07) is 5.84. The first-order valence-electron chi connectivity index (χ1n) is 13.5. The molecular formula is C30H41N3O7. The summed E-state index contributed by atoms with van der Waals surface area (Å²) in [6.45, 7) is 8.11. The van der Waals surface area contributed by atoms with Crippen LogP contribution in [0.2, 0.25) is 0 Å². The third kappa shape index (κ3) is 7.24. The molecule has 0 heterocycles. The Hall–Kier alpha value is -3.79. The number of aryl methyl sites for hydroxylation is 1. The van der Waals surface area contributed by atoms with Gasteiger partial charge in [0.15, 0.2) is 11.5 Å². The first kappa shape index (κ1) is 30.7. The van der Waals surface area contributed by atoms with Crippen LogP contribution in [0.15, 0.2) is 29.1 Å². The van der Waals surface area contributed by atoms with Gasteiger partial charge in [-0.3, -0.25) is 14.4 Å². The minimum Gasteiger partial charge on any atom is -0.493 e. The maximum Gasteiger partial charge on any atom is 0.242 e. The van der Waals surface area contributed by atoms with Gasteiger partial charge in [-0.2, -0.15) is 0 Å². The maximum atomic E-state index is 13.4. The van der Waals surface area contributed by atoms with Gasteiger partial charge in [0.05, 0.1) is 39.2 Å². The summed E-state index contributed by atoms with van der Waals surface area (Å²) < 4.78 is 22.5. The van der Waals surface area contributed by atoms with E-state index in [0.29, 0.717) is 55.2 Å². The highest BCUT2D eigenvalue weighted by Gasteiger charge is 2.29. The van der Waals surface area contributed by atoms with Crippen LogP contribution in [0.5, 0.6) is 17.2 Å². The van der Waals surface area contributed by atoms with E-state index >= 15 is 0 Å². The fraction of sp³-hybridized carbons (Fsp3) is 0.500. The fourth-order valence-electron chi connectivity index (χ4n) is 4.88. The van der Waals surface area contributed by atoms with Gasteiger partial charge in [-0.25, -0.2) is 0 Å². The lowest BCUT2D eigenvalue weighted by atomic mass is 9.95. The molecule has 1 aliphatic carbocycles. The van der Waals surface area contributed by atoms with E-state index in [9.17, 15) is 14.4 Å². The van der Waals surface area contributed by atoms with Gasteiger partial charge in [0.1, 0.15) is 6.04 Å². The standard InChI is InChI=1S/C30H41N3O7/c1-17(2)40-14-8-13-31-30(36)18(3)32-24-12-10-21-22(16-25(24)35)23(33-19(4)34)11-9-20-15-26(37-5)28(38-6)29(39-7)27(20)21/h10,12,15-18,23H,8-9,11,13-14H2,1-7H3,(H,31,36)(H,32,35)(H,33,34)/t18-,23-/m1/s1. The molecule has 3 rings (SSSR count). The molecule has 10 nitrogen and oxygen atoms in total. The molecule has 0 fully saturated rings. The normalized spacial score (nSPS) is 14.8. The zero-order chi connectivity index (χ0) is 29.4. The van der Waals surface area contributed by atoms with Gasteiger partial charge >= 0.3 is 0 Å². The van der Waals surface area contributed by atoms with Gasteiger partial charge in [-0.1, -0.05) is 6.07 Å². The number of nitrogens with one attached hydrogen (secondary N) is 3. The first-order valence-corrected chi connectivity index (χ1v) is 13.5. The molecule has 0 unspecified atom stereocenters. The van der Waals surface area contributed by atoms with E-state index in [4.69, 9.17) is 18.9 Å².